The molecule has 15 heavy (non-hydrogen) atoms. The third-order valence-corrected chi connectivity index (χ3v) is 3.13. The van der Waals surface area contributed by atoms with E-state index < -0.39 is 12.0 Å². The van der Waals surface area contributed by atoms with Crippen LogP contribution in [0.5, 0.6) is 0 Å². The van der Waals surface area contributed by atoms with E-state index in [0.29, 0.717) is 6.42 Å². The number of carboxylic acid groups (broad SMARTS) is 1. The Kier molecular flexibility index (Phi) is 2.52. The first-order valence-corrected chi connectivity index (χ1v) is 5.26. The summed E-state index contributed by atoms with van der Waals surface area (Å²) >= 11 is 0. The minimum Gasteiger partial charge on any atom is -0.480 e. The second kappa shape index (κ2) is 3.70. The van der Waals surface area contributed by atoms with E-state index in [1.165, 1.54) is 17.8 Å². The van der Waals surface area contributed by atoms with Gasteiger partial charge in [-0.3, -0.25) is 4.79 Å². The number of carbonyl (C=O) groups is 1. The maximum atomic E-state index is 10.7. The van der Waals surface area contributed by atoms with E-state index in [-0.39, 0.29) is 0 Å². The molecule has 1 aromatic rings. The molecule has 1 aliphatic rings. The van der Waals surface area contributed by atoms with E-state index >= 15 is 0 Å². The molecule has 0 saturated heterocycles. The van der Waals surface area contributed by atoms with Crippen molar-refractivity contribution in [1.29, 1.82) is 0 Å². The van der Waals surface area contributed by atoms with Gasteiger partial charge in [-0.1, -0.05) is 0 Å². The summed E-state index contributed by atoms with van der Waals surface area (Å²) in [5.74, 6) is -0.930. The quantitative estimate of drug-likeness (QED) is 0.768. The number of fused-ring (bicyclic) bond motifs is 1. The first kappa shape index (κ1) is 10.2. The first-order chi connectivity index (χ1) is 7.09. The fourth-order valence-corrected chi connectivity index (χ4v) is 2.24. The van der Waals surface area contributed by atoms with Crippen LogP contribution < -0.4 is 5.73 Å². The third-order valence-electron chi connectivity index (χ3n) is 3.13. The Morgan fingerprint density at radius 1 is 1.73 bits per heavy atom. The standard InChI is InChI=1S/C11H16N2O2/c1-7-8(6-10(12)11(14)15)5-9-3-2-4-13(7)9/h5,10H,2-4,6,12H2,1H3,(H,14,15). The van der Waals surface area contributed by atoms with Crippen molar-refractivity contribution in [2.24, 2.45) is 5.73 Å². The zero-order chi connectivity index (χ0) is 11.0. The highest BCUT2D eigenvalue weighted by Crippen LogP contribution is 2.23. The Labute approximate surface area is 88.7 Å². The van der Waals surface area contributed by atoms with Crippen molar-refractivity contribution in [3.63, 3.8) is 0 Å². The van der Waals surface area contributed by atoms with E-state index in [4.69, 9.17) is 10.8 Å². The van der Waals surface area contributed by atoms with Crippen LogP contribution in [0.3, 0.4) is 0 Å². The van der Waals surface area contributed by atoms with Crippen LogP contribution in [0.4, 0.5) is 0 Å². The number of carboxylic acids is 1. The smallest absolute Gasteiger partial charge is 0.320 e. The van der Waals surface area contributed by atoms with Crippen LogP contribution in [-0.2, 0) is 24.2 Å². The highest BCUT2D eigenvalue weighted by Gasteiger charge is 2.19. The second-order valence-electron chi connectivity index (χ2n) is 4.15. The predicted molar refractivity (Wildman–Crippen MR) is 56.8 cm³/mol. The SMILES string of the molecule is Cc1c(CC(N)C(=O)O)cc2n1CCC2. The molecule has 3 N–H and O–H groups in total. The molecule has 1 atom stereocenters. The van der Waals surface area contributed by atoms with Crippen LogP contribution in [0.2, 0.25) is 0 Å². The van der Waals surface area contributed by atoms with Gasteiger partial charge in [0.05, 0.1) is 0 Å². The third kappa shape index (κ3) is 1.77. The summed E-state index contributed by atoms with van der Waals surface area (Å²) in [4.78, 5) is 10.7. The largest absolute Gasteiger partial charge is 0.480 e. The Hall–Kier alpha value is -1.29. The molecular formula is C11H16N2O2. The molecule has 0 aromatic carbocycles. The second-order valence-corrected chi connectivity index (χ2v) is 4.15. The topological polar surface area (TPSA) is 68.2 Å². The summed E-state index contributed by atoms with van der Waals surface area (Å²) in [5, 5.41) is 8.75. The number of aromatic nitrogens is 1. The molecule has 2 heterocycles. The normalized spacial score (nSPS) is 16.4. The molecule has 1 unspecified atom stereocenters. The molecule has 82 valence electrons. The molecule has 1 aliphatic heterocycles. The van der Waals surface area contributed by atoms with Gasteiger partial charge in [0.2, 0.25) is 0 Å². The Morgan fingerprint density at radius 3 is 3.07 bits per heavy atom. The number of nitrogens with two attached hydrogens (primary N) is 1. The molecule has 0 spiro atoms. The average molecular weight is 208 g/mol. The number of hydrogen-bond acceptors (Lipinski definition) is 2. The predicted octanol–water partition coefficient (Wildman–Crippen LogP) is 0.697. The lowest BCUT2D eigenvalue weighted by atomic mass is 10.1. The number of aliphatic carboxylic acids is 1. The van der Waals surface area contributed by atoms with Crippen molar-refractivity contribution in [3.8, 4) is 0 Å². The van der Waals surface area contributed by atoms with Gasteiger partial charge in [-0.15, -0.1) is 0 Å². The molecular weight excluding hydrogens is 192 g/mol. The number of hydrogen-bond donors (Lipinski definition) is 2. The van der Waals surface area contributed by atoms with Gasteiger partial charge in [0.1, 0.15) is 6.04 Å². The maximum Gasteiger partial charge on any atom is 0.320 e. The highest BCUT2D eigenvalue weighted by molar-refractivity contribution is 5.73. The monoisotopic (exact) mass is 208 g/mol. The van der Waals surface area contributed by atoms with E-state index in [1.807, 2.05) is 6.92 Å². The molecule has 1 aromatic heterocycles. The minimum absolute atomic E-state index is 0.432. The summed E-state index contributed by atoms with van der Waals surface area (Å²) in [5.41, 5.74) is 9.11. The number of aryl methyl sites for hydroxylation is 1. The van der Waals surface area contributed by atoms with E-state index in [9.17, 15) is 4.79 Å². The van der Waals surface area contributed by atoms with Crippen LogP contribution in [0.1, 0.15) is 23.4 Å². The van der Waals surface area contributed by atoms with Crippen molar-refractivity contribution in [2.75, 3.05) is 0 Å². The van der Waals surface area contributed by atoms with Crippen LogP contribution in [0, 0.1) is 6.92 Å². The van der Waals surface area contributed by atoms with Gasteiger partial charge in [-0.2, -0.15) is 0 Å². The van der Waals surface area contributed by atoms with Gasteiger partial charge in [0, 0.05) is 17.9 Å². The summed E-state index contributed by atoms with van der Waals surface area (Å²) in [6.07, 6.45) is 2.73. The van der Waals surface area contributed by atoms with E-state index in [0.717, 1.165) is 18.5 Å². The molecule has 0 radical (unpaired) electrons. The molecule has 0 bridgehead atoms. The molecule has 0 aliphatic carbocycles. The summed E-state index contributed by atoms with van der Waals surface area (Å²) in [6.45, 7) is 3.10. The molecule has 4 heteroatoms. The Bertz CT molecular complexity index is 396. The summed E-state index contributed by atoms with van der Waals surface area (Å²) < 4.78 is 2.27. The summed E-state index contributed by atoms with van der Waals surface area (Å²) in [7, 11) is 0. The van der Waals surface area contributed by atoms with Gasteiger partial charge in [-0.25, -0.2) is 0 Å². The van der Waals surface area contributed by atoms with E-state index in [1.54, 1.807) is 0 Å². The Balaban J connectivity index is 2.20. The van der Waals surface area contributed by atoms with Gasteiger partial charge >= 0.3 is 5.97 Å². The van der Waals surface area contributed by atoms with Crippen LogP contribution in [-0.4, -0.2) is 21.7 Å². The molecule has 0 fully saturated rings. The lowest BCUT2D eigenvalue weighted by Gasteiger charge is -2.07. The lowest BCUT2D eigenvalue weighted by molar-refractivity contribution is -0.138. The van der Waals surface area contributed by atoms with Crippen LogP contribution in [0.25, 0.3) is 0 Å². The number of rotatable bonds is 3. The summed E-state index contributed by atoms with van der Waals surface area (Å²) in [6, 6.07) is 1.32. The van der Waals surface area contributed by atoms with Crippen molar-refractivity contribution in [2.45, 2.75) is 38.8 Å². The fourth-order valence-electron chi connectivity index (χ4n) is 2.24. The van der Waals surface area contributed by atoms with Crippen molar-refractivity contribution in [3.05, 3.63) is 23.0 Å². The van der Waals surface area contributed by atoms with Gasteiger partial charge in [0.15, 0.2) is 0 Å². The highest BCUT2D eigenvalue weighted by atomic mass is 16.4. The van der Waals surface area contributed by atoms with E-state index in [2.05, 4.69) is 10.6 Å². The molecule has 4 nitrogen and oxygen atoms in total. The molecule has 0 saturated carbocycles. The van der Waals surface area contributed by atoms with Crippen LogP contribution >= 0.6 is 0 Å². The first-order valence-electron chi connectivity index (χ1n) is 5.26. The minimum atomic E-state index is -0.930. The van der Waals surface area contributed by atoms with Crippen molar-refractivity contribution < 1.29 is 9.90 Å². The Morgan fingerprint density at radius 2 is 2.47 bits per heavy atom. The van der Waals surface area contributed by atoms with Crippen molar-refractivity contribution >= 4 is 5.97 Å². The lowest BCUT2D eigenvalue weighted by Crippen LogP contribution is -2.32. The maximum absolute atomic E-state index is 10.7. The fraction of sp³-hybridized carbons (Fsp3) is 0.545. The van der Waals surface area contributed by atoms with Gasteiger partial charge < -0.3 is 15.4 Å². The zero-order valence-electron chi connectivity index (χ0n) is 8.86. The molecule has 0 amide bonds. The average Bonchev–Trinajstić information content (AvgIpc) is 2.71. The van der Waals surface area contributed by atoms with Crippen LogP contribution in [0.15, 0.2) is 6.07 Å². The molecule has 2 rings (SSSR count). The van der Waals surface area contributed by atoms with Gasteiger partial charge in [-0.05, 0) is 37.8 Å². The zero-order valence-corrected chi connectivity index (χ0v) is 8.86. The van der Waals surface area contributed by atoms with Crippen molar-refractivity contribution in [1.82, 2.24) is 4.57 Å². The van der Waals surface area contributed by atoms with Gasteiger partial charge in [0.25, 0.3) is 0 Å². The number of nitrogens with zero attached hydrogens (tertiary/aromatic N) is 1.